The fourth-order valence-corrected chi connectivity index (χ4v) is 2.62. The molecule has 1 atom stereocenters. The van der Waals surface area contributed by atoms with E-state index >= 15 is 0 Å². The summed E-state index contributed by atoms with van der Waals surface area (Å²) in [6, 6.07) is 10.4. The van der Waals surface area contributed by atoms with E-state index in [1.54, 1.807) is 31.2 Å². The molecule has 0 bridgehead atoms. The predicted molar refractivity (Wildman–Crippen MR) is 107 cm³/mol. The molecular formula is C21H26F3N3O2. The minimum Gasteiger partial charge on any atom is -0.497 e. The van der Waals surface area contributed by atoms with E-state index in [0.717, 1.165) is 17.7 Å². The van der Waals surface area contributed by atoms with Gasteiger partial charge in [0.25, 0.3) is 0 Å². The highest BCUT2D eigenvalue weighted by molar-refractivity contribution is 5.83. The third-order valence-electron chi connectivity index (χ3n) is 4.26. The van der Waals surface area contributed by atoms with Crippen molar-refractivity contribution in [2.45, 2.75) is 38.4 Å². The molecule has 29 heavy (non-hydrogen) atoms. The maximum absolute atomic E-state index is 13.1. The van der Waals surface area contributed by atoms with Crippen LogP contribution < -0.4 is 21.1 Å². The summed E-state index contributed by atoms with van der Waals surface area (Å²) in [5.41, 5.74) is 6.06. The van der Waals surface area contributed by atoms with Gasteiger partial charge in [0.2, 0.25) is 5.91 Å². The summed E-state index contributed by atoms with van der Waals surface area (Å²) in [7, 11) is 1.31. The number of rotatable bonds is 7. The van der Waals surface area contributed by atoms with E-state index in [2.05, 4.69) is 10.6 Å². The van der Waals surface area contributed by atoms with Gasteiger partial charge in [-0.25, -0.2) is 0 Å². The Bertz CT molecular complexity index is 861. The smallest absolute Gasteiger partial charge is 0.416 e. The standard InChI is InChI=1S/C21H26F3N3O2/c1-13(19(28)26-12-20(2,3)25)14-6-5-7-16(8-14)27-17-9-15(21(22,23)24)10-18(11-17)29-4/h5-11,13,27H,12,25H2,1-4H3,(H,26,28). The Kier molecular flexibility index (Phi) is 6.79. The van der Waals surface area contributed by atoms with Crippen LogP contribution in [0.25, 0.3) is 0 Å². The van der Waals surface area contributed by atoms with Crippen molar-refractivity contribution in [2.24, 2.45) is 5.73 Å². The van der Waals surface area contributed by atoms with Crippen LogP contribution in [-0.2, 0) is 11.0 Å². The monoisotopic (exact) mass is 409 g/mol. The van der Waals surface area contributed by atoms with Gasteiger partial charge in [0.1, 0.15) is 5.75 Å². The Morgan fingerprint density at radius 3 is 2.41 bits per heavy atom. The van der Waals surface area contributed by atoms with Crippen molar-refractivity contribution in [3.05, 3.63) is 53.6 Å². The van der Waals surface area contributed by atoms with Crippen LogP contribution in [0.3, 0.4) is 0 Å². The van der Waals surface area contributed by atoms with Gasteiger partial charge in [0.15, 0.2) is 0 Å². The van der Waals surface area contributed by atoms with E-state index in [-0.39, 0.29) is 17.3 Å². The van der Waals surface area contributed by atoms with Crippen molar-refractivity contribution in [1.29, 1.82) is 0 Å². The van der Waals surface area contributed by atoms with Gasteiger partial charge in [0.05, 0.1) is 18.6 Å². The van der Waals surface area contributed by atoms with Crippen molar-refractivity contribution < 1.29 is 22.7 Å². The van der Waals surface area contributed by atoms with E-state index < -0.39 is 23.2 Å². The number of carbonyl (C=O) groups excluding carboxylic acids is 1. The fourth-order valence-electron chi connectivity index (χ4n) is 2.62. The summed E-state index contributed by atoms with van der Waals surface area (Å²) in [4.78, 5) is 12.4. The van der Waals surface area contributed by atoms with Gasteiger partial charge in [-0.3, -0.25) is 4.79 Å². The second-order valence-electron chi connectivity index (χ2n) is 7.63. The Morgan fingerprint density at radius 1 is 1.14 bits per heavy atom. The lowest BCUT2D eigenvalue weighted by Gasteiger charge is -2.21. The summed E-state index contributed by atoms with van der Waals surface area (Å²) in [5, 5.41) is 5.75. The van der Waals surface area contributed by atoms with Gasteiger partial charge in [-0.15, -0.1) is 0 Å². The topological polar surface area (TPSA) is 76.4 Å². The maximum Gasteiger partial charge on any atom is 0.416 e. The van der Waals surface area contributed by atoms with Gasteiger partial charge in [-0.05, 0) is 50.6 Å². The number of alkyl halides is 3. The largest absolute Gasteiger partial charge is 0.497 e. The van der Waals surface area contributed by atoms with E-state index in [1.807, 2.05) is 13.8 Å². The molecule has 4 N–H and O–H groups in total. The Morgan fingerprint density at radius 2 is 1.83 bits per heavy atom. The average Bonchev–Trinajstić information content (AvgIpc) is 2.64. The summed E-state index contributed by atoms with van der Waals surface area (Å²) in [5.74, 6) is -0.535. The third kappa shape index (κ3) is 6.67. The minimum atomic E-state index is -4.49. The number of carbonyl (C=O) groups is 1. The van der Waals surface area contributed by atoms with E-state index in [1.165, 1.54) is 13.2 Å². The average molecular weight is 409 g/mol. The van der Waals surface area contributed by atoms with Gasteiger partial charge < -0.3 is 21.1 Å². The molecule has 1 unspecified atom stereocenters. The molecule has 2 aromatic rings. The van der Waals surface area contributed by atoms with Gasteiger partial charge in [0, 0.05) is 29.5 Å². The lowest BCUT2D eigenvalue weighted by Crippen LogP contribution is -2.46. The molecule has 1 amide bonds. The zero-order valence-corrected chi connectivity index (χ0v) is 16.9. The van der Waals surface area contributed by atoms with Crippen LogP contribution in [0.1, 0.15) is 37.8 Å². The first-order valence-corrected chi connectivity index (χ1v) is 9.09. The molecule has 0 saturated heterocycles. The molecule has 8 heteroatoms. The molecule has 2 rings (SSSR count). The first-order valence-electron chi connectivity index (χ1n) is 9.09. The molecule has 0 aromatic heterocycles. The highest BCUT2D eigenvalue weighted by atomic mass is 19.4. The summed E-state index contributed by atoms with van der Waals surface area (Å²) < 4.78 is 44.3. The number of hydrogen-bond donors (Lipinski definition) is 3. The number of ether oxygens (including phenoxy) is 1. The fraction of sp³-hybridized carbons (Fsp3) is 0.381. The number of anilines is 2. The highest BCUT2D eigenvalue weighted by Gasteiger charge is 2.31. The first-order chi connectivity index (χ1) is 13.4. The van der Waals surface area contributed by atoms with E-state index in [9.17, 15) is 18.0 Å². The van der Waals surface area contributed by atoms with Crippen molar-refractivity contribution in [3.63, 3.8) is 0 Å². The summed E-state index contributed by atoms with van der Waals surface area (Å²) in [6.45, 7) is 5.71. The third-order valence-corrected chi connectivity index (χ3v) is 4.26. The number of halogens is 3. The van der Waals surface area contributed by atoms with Gasteiger partial charge in [-0.2, -0.15) is 13.2 Å². The first kappa shape index (κ1) is 22.5. The Labute approximate surface area is 168 Å². The van der Waals surface area contributed by atoms with Gasteiger partial charge >= 0.3 is 6.18 Å². The molecule has 0 heterocycles. The van der Waals surface area contributed by atoms with Crippen molar-refractivity contribution in [2.75, 3.05) is 19.0 Å². The number of methoxy groups -OCH3 is 1. The molecule has 0 saturated carbocycles. The van der Waals surface area contributed by atoms with E-state index in [4.69, 9.17) is 10.5 Å². The summed E-state index contributed by atoms with van der Waals surface area (Å²) >= 11 is 0. The Balaban J connectivity index is 2.21. The van der Waals surface area contributed by atoms with Crippen LogP contribution in [-0.4, -0.2) is 25.1 Å². The molecule has 0 aliphatic carbocycles. The van der Waals surface area contributed by atoms with E-state index in [0.29, 0.717) is 12.2 Å². The zero-order valence-electron chi connectivity index (χ0n) is 16.9. The molecular weight excluding hydrogens is 383 g/mol. The normalized spacial score (nSPS) is 13.0. The molecule has 5 nitrogen and oxygen atoms in total. The van der Waals surface area contributed by atoms with Crippen LogP contribution in [0.5, 0.6) is 5.75 Å². The molecule has 2 aromatic carbocycles. The zero-order chi connectivity index (χ0) is 21.8. The molecule has 0 aliphatic rings. The molecule has 158 valence electrons. The molecule has 0 fully saturated rings. The van der Waals surface area contributed by atoms with Gasteiger partial charge in [-0.1, -0.05) is 12.1 Å². The molecule has 0 radical (unpaired) electrons. The van der Waals surface area contributed by atoms with Crippen molar-refractivity contribution in [1.82, 2.24) is 5.32 Å². The number of benzene rings is 2. The van der Waals surface area contributed by atoms with Crippen molar-refractivity contribution in [3.8, 4) is 5.75 Å². The van der Waals surface area contributed by atoms with Crippen LogP contribution in [0, 0.1) is 0 Å². The predicted octanol–water partition coefficient (Wildman–Crippen LogP) is 4.41. The van der Waals surface area contributed by atoms with Crippen LogP contribution in [0.4, 0.5) is 24.5 Å². The number of hydrogen-bond acceptors (Lipinski definition) is 4. The number of amides is 1. The van der Waals surface area contributed by atoms with Crippen LogP contribution in [0.15, 0.2) is 42.5 Å². The second kappa shape index (κ2) is 8.73. The number of nitrogens with one attached hydrogen (secondary N) is 2. The Hall–Kier alpha value is -2.74. The van der Waals surface area contributed by atoms with Crippen molar-refractivity contribution >= 4 is 17.3 Å². The maximum atomic E-state index is 13.1. The molecule has 0 spiro atoms. The summed E-state index contributed by atoms with van der Waals surface area (Å²) in [6.07, 6.45) is -4.49. The molecule has 0 aliphatic heterocycles. The highest BCUT2D eigenvalue weighted by Crippen LogP contribution is 2.35. The SMILES string of the molecule is COc1cc(Nc2cccc(C(C)C(=O)NCC(C)(C)N)c2)cc(C(F)(F)F)c1. The lowest BCUT2D eigenvalue weighted by molar-refractivity contribution is -0.137. The minimum absolute atomic E-state index is 0.0932. The van der Waals surface area contributed by atoms with Crippen LogP contribution in [0.2, 0.25) is 0 Å². The number of nitrogens with two attached hydrogens (primary N) is 1. The van der Waals surface area contributed by atoms with Crippen LogP contribution >= 0.6 is 0 Å². The lowest BCUT2D eigenvalue weighted by atomic mass is 9.99. The quantitative estimate of drug-likeness (QED) is 0.633. The second-order valence-corrected chi connectivity index (χ2v) is 7.63.